The Bertz CT molecular complexity index is 1230. The average molecular weight is 513 g/mol. The Morgan fingerprint density at radius 2 is 1.89 bits per heavy atom. The van der Waals surface area contributed by atoms with Crippen LogP contribution in [0.15, 0.2) is 58.1 Å². The largest absolute Gasteiger partial charge is 0.493 e. The lowest BCUT2D eigenvalue weighted by Gasteiger charge is -2.20. The molecule has 0 aromatic heterocycles. The van der Waals surface area contributed by atoms with Crippen molar-refractivity contribution in [3.63, 3.8) is 0 Å². The molecule has 0 unspecified atom stereocenters. The Hall–Kier alpha value is -3.30. The van der Waals surface area contributed by atoms with Crippen LogP contribution in [0.1, 0.15) is 31.7 Å². The molecule has 2 aromatic rings. The van der Waals surface area contributed by atoms with Crippen molar-refractivity contribution in [2.24, 2.45) is 10.1 Å². The summed E-state index contributed by atoms with van der Waals surface area (Å²) in [5, 5.41) is 16.3. The number of nitrogens with zero attached hydrogens (tertiary/aromatic N) is 3. The topological polar surface area (TPSA) is 96.6 Å². The predicted molar refractivity (Wildman–Crippen MR) is 140 cm³/mol. The lowest BCUT2D eigenvalue weighted by molar-refractivity contribution is -0.114. The van der Waals surface area contributed by atoms with E-state index in [2.05, 4.69) is 17.0 Å². The molecule has 0 radical (unpaired) electrons. The fourth-order valence-corrected chi connectivity index (χ4v) is 4.50. The first-order valence-corrected chi connectivity index (χ1v) is 12.4. The summed E-state index contributed by atoms with van der Waals surface area (Å²) in [5.41, 5.74) is 0.842. The summed E-state index contributed by atoms with van der Waals surface area (Å²) in [6, 6.07) is 12.5. The van der Waals surface area contributed by atoms with Gasteiger partial charge in [0.15, 0.2) is 17.3 Å². The SMILES string of the molecule is CCCCC1=NN2C(=N)/C(=C/c3ccc(OCCOc4ccccc4Cl)c(OC)c3)C(=O)N=C2S1. The Labute approximate surface area is 213 Å². The molecule has 1 N–H and O–H groups in total. The van der Waals surface area contributed by atoms with E-state index in [1.165, 1.54) is 23.9 Å². The second-order valence-corrected chi connectivity index (χ2v) is 9.10. The van der Waals surface area contributed by atoms with Crippen LogP contribution in [0.3, 0.4) is 0 Å². The fraction of sp³-hybridized carbons (Fsp3) is 0.280. The third kappa shape index (κ3) is 5.86. The number of unbranched alkanes of at least 4 members (excludes halogenated alkanes) is 1. The maximum atomic E-state index is 12.6. The van der Waals surface area contributed by atoms with Gasteiger partial charge in [0.05, 0.1) is 17.7 Å². The molecule has 2 aromatic carbocycles. The van der Waals surface area contributed by atoms with Crippen molar-refractivity contribution >= 4 is 51.4 Å². The summed E-state index contributed by atoms with van der Waals surface area (Å²) < 4.78 is 16.9. The lowest BCUT2D eigenvalue weighted by Crippen LogP contribution is -2.35. The molecular formula is C25H25ClN4O4S. The maximum absolute atomic E-state index is 12.6. The molecule has 2 heterocycles. The number of hydrazone groups is 1. The number of ether oxygens (including phenoxy) is 3. The second-order valence-electron chi connectivity index (χ2n) is 7.65. The number of halogens is 1. The summed E-state index contributed by atoms with van der Waals surface area (Å²) in [4.78, 5) is 16.8. The first kappa shape index (κ1) is 24.8. The van der Waals surface area contributed by atoms with Crippen molar-refractivity contribution in [1.82, 2.24) is 5.01 Å². The average Bonchev–Trinajstić information content (AvgIpc) is 3.27. The van der Waals surface area contributed by atoms with E-state index in [9.17, 15) is 4.79 Å². The smallest absolute Gasteiger partial charge is 0.283 e. The quantitative estimate of drug-likeness (QED) is 0.328. The number of amides is 1. The number of carbonyl (C=O) groups excluding carboxylic acids is 1. The fourth-order valence-electron chi connectivity index (χ4n) is 3.39. The number of para-hydroxylation sites is 1. The van der Waals surface area contributed by atoms with Gasteiger partial charge in [0, 0.05) is 0 Å². The number of aliphatic imine (C=N–C) groups is 1. The molecule has 2 aliphatic heterocycles. The van der Waals surface area contributed by atoms with Gasteiger partial charge < -0.3 is 14.2 Å². The molecule has 0 bridgehead atoms. The van der Waals surface area contributed by atoms with Gasteiger partial charge in [-0.05, 0) is 60.5 Å². The van der Waals surface area contributed by atoms with E-state index in [0.29, 0.717) is 39.6 Å². The number of thioether (sulfide) groups is 1. The monoisotopic (exact) mass is 512 g/mol. The number of benzene rings is 2. The van der Waals surface area contributed by atoms with E-state index in [4.69, 9.17) is 31.2 Å². The number of nitrogens with one attached hydrogen (secondary N) is 1. The van der Waals surface area contributed by atoms with Gasteiger partial charge in [0.2, 0.25) is 5.17 Å². The first-order valence-electron chi connectivity index (χ1n) is 11.2. The first-order chi connectivity index (χ1) is 17.0. The lowest BCUT2D eigenvalue weighted by atomic mass is 10.1. The van der Waals surface area contributed by atoms with E-state index < -0.39 is 5.91 Å². The van der Waals surface area contributed by atoms with Gasteiger partial charge in [-0.3, -0.25) is 10.2 Å². The molecule has 8 nitrogen and oxygen atoms in total. The molecular weight excluding hydrogens is 488 g/mol. The molecule has 0 saturated carbocycles. The standard InChI is InChI=1S/C25H25ClN4O4S/c1-3-4-9-22-29-30-23(27)17(24(31)28-25(30)35-22)14-16-10-11-20(21(15-16)32-2)34-13-12-33-19-8-6-5-7-18(19)26/h5-8,10-11,14-15,27H,3-4,9,12-13H2,1-2H3/b17-14-,27-23?. The highest BCUT2D eigenvalue weighted by molar-refractivity contribution is 8.26. The highest BCUT2D eigenvalue weighted by Gasteiger charge is 2.35. The van der Waals surface area contributed by atoms with Crippen LogP contribution < -0.4 is 14.2 Å². The van der Waals surface area contributed by atoms with Crippen LogP contribution in [-0.2, 0) is 4.79 Å². The number of rotatable bonds is 10. The van der Waals surface area contributed by atoms with Crippen molar-refractivity contribution in [3.05, 3.63) is 58.6 Å². The van der Waals surface area contributed by atoms with E-state index in [1.54, 1.807) is 36.4 Å². The number of methoxy groups -OCH3 is 1. The Kier molecular flexibility index (Phi) is 8.09. The molecule has 10 heteroatoms. The molecule has 0 atom stereocenters. The third-order valence-electron chi connectivity index (χ3n) is 5.17. The van der Waals surface area contributed by atoms with Crippen LogP contribution >= 0.6 is 23.4 Å². The molecule has 0 saturated heterocycles. The minimum absolute atomic E-state index is 0.00927. The van der Waals surface area contributed by atoms with Crippen LogP contribution in [-0.4, -0.2) is 47.3 Å². The minimum Gasteiger partial charge on any atom is -0.493 e. The zero-order valence-electron chi connectivity index (χ0n) is 19.4. The Morgan fingerprint density at radius 1 is 1.11 bits per heavy atom. The summed E-state index contributed by atoms with van der Waals surface area (Å²) in [6.07, 6.45) is 4.46. The normalized spacial score (nSPS) is 16.2. The zero-order valence-corrected chi connectivity index (χ0v) is 21.0. The van der Waals surface area contributed by atoms with Gasteiger partial charge in [-0.1, -0.05) is 43.1 Å². The van der Waals surface area contributed by atoms with Gasteiger partial charge in [-0.25, -0.2) is 0 Å². The summed E-state index contributed by atoms with van der Waals surface area (Å²) in [7, 11) is 1.54. The van der Waals surface area contributed by atoms with Crippen molar-refractivity contribution in [3.8, 4) is 17.2 Å². The zero-order chi connectivity index (χ0) is 24.8. The molecule has 2 aliphatic rings. The molecule has 1 amide bonds. The number of amidine groups is 2. The maximum Gasteiger partial charge on any atom is 0.283 e. The third-order valence-corrected chi connectivity index (χ3v) is 6.45. The Balaban J connectivity index is 1.43. The van der Waals surface area contributed by atoms with Crippen LogP contribution in [0.5, 0.6) is 17.2 Å². The minimum atomic E-state index is -0.461. The number of carbonyl (C=O) groups is 1. The summed E-state index contributed by atoms with van der Waals surface area (Å²) >= 11 is 7.44. The molecule has 0 fully saturated rings. The van der Waals surface area contributed by atoms with Crippen molar-refractivity contribution < 1.29 is 19.0 Å². The highest BCUT2D eigenvalue weighted by Crippen LogP contribution is 2.32. The van der Waals surface area contributed by atoms with Gasteiger partial charge in [-0.15, -0.1) is 0 Å². The van der Waals surface area contributed by atoms with Gasteiger partial charge in [0.1, 0.15) is 24.0 Å². The van der Waals surface area contributed by atoms with Crippen LogP contribution in [0.4, 0.5) is 0 Å². The van der Waals surface area contributed by atoms with Crippen LogP contribution in [0, 0.1) is 5.41 Å². The van der Waals surface area contributed by atoms with Crippen LogP contribution in [0.2, 0.25) is 5.02 Å². The number of hydrogen-bond donors (Lipinski definition) is 1. The number of fused-ring (bicyclic) bond motifs is 1. The molecule has 4 rings (SSSR count). The highest BCUT2D eigenvalue weighted by atomic mass is 35.5. The van der Waals surface area contributed by atoms with Crippen molar-refractivity contribution in [1.29, 1.82) is 5.41 Å². The van der Waals surface area contributed by atoms with Crippen LogP contribution in [0.25, 0.3) is 6.08 Å². The van der Waals surface area contributed by atoms with E-state index in [0.717, 1.165) is 24.3 Å². The summed E-state index contributed by atoms with van der Waals surface area (Å²) in [6.45, 7) is 2.70. The van der Waals surface area contributed by atoms with Gasteiger partial charge in [-0.2, -0.15) is 15.1 Å². The number of hydrogen-bond acceptors (Lipinski definition) is 7. The summed E-state index contributed by atoms with van der Waals surface area (Å²) in [5.74, 6) is 1.17. The Morgan fingerprint density at radius 3 is 2.63 bits per heavy atom. The molecule has 182 valence electrons. The van der Waals surface area contributed by atoms with Crippen molar-refractivity contribution in [2.45, 2.75) is 26.2 Å². The molecule has 35 heavy (non-hydrogen) atoms. The van der Waals surface area contributed by atoms with Crippen molar-refractivity contribution in [2.75, 3.05) is 20.3 Å². The second kappa shape index (κ2) is 11.4. The van der Waals surface area contributed by atoms with Gasteiger partial charge >= 0.3 is 0 Å². The van der Waals surface area contributed by atoms with E-state index >= 15 is 0 Å². The predicted octanol–water partition coefficient (Wildman–Crippen LogP) is 5.62. The van der Waals surface area contributed by atoms with E-state index in [1.807, 2.05) is 12.1 Å². The molecule has 0 spiro atoms. The van der Waals surface area contributed by atoms with E-state index in [-0.39, 0.29) is 18.0 Å². The molecule has 0 aliphatic carbocycles. The van der Waals surface area contributed by atoms with Gasteiger partial charge in [0.25, 0.3) is 5.91 Å².